The molecule has 1 aliphatic heterocycles. The first-order valence-corrected chi connectivity index (χ1v) is 8.01. The van der Waals surface area contributed by atoms with Crippen molar-refractivity contribution >= 4 is 17.5 Å². The van der Waals surface area contributed by atoms with Crippen LogP contribution in [0.1, 0.15) is 43.1 Å². The summed E-state index contributed by atoms with van der Waals surface area (Å²) in [5.41, 5.74) is 2.44. The number of benzene rings is 1. The molecule has 1 aliphatic rings. The zero-order valence-corrected chi connectivity index (χ0v) is 14.4. The van der Waals surface area contributed by atoms with Gasteiger partial charge in [-0.15, -0.1) is 0 Å². The zero-order chi connectivity index (χ0) is 17.0. The molecule has 1 heterocycles. The molecule has 1 aromatic rings. The fraction of sp³-hybridized carbons (Fsp3) is 0.556. The Hall–Kier alpha value is -1.88. The smallest absolute Gasteiger partial charge is 0.254 e. The standard InChI is InChI=1S/C18H26N2O3/c1-18(2,3)12-16(21)19-14-5-6-15-13(11-14)7-8-20(17(15)22)9-10-23-4/h5-6,11H,7-10,12H2,1-4H3,(H,19,21). The lowest BCUT2D eigenvalue weighted by Gasteiger charge is -2.28. The molecule has 23 heavy (non-hydrogen) atoms. The van der Waals surface area contributed by atoms with Crippen LogP contribution < -0.4 is 5.32 Å². The number of hydrogen-bond donors (Lipinski definition) is 1. The van der Waals surface area contributed by atoms with E-state index < -0.39 is 0 Å². The van der Waals surface area contributed by atoms with E-state index in [1.807, 2.05) is 37.8 Å². The van der Waals surface area contributed by atoms with Crippen LogP contribution in [0.4, 0.5) is 5.69 Å². The van der Waals surface area contributed by atoms with E-state index in [1.54, 1.807) is 13.2 Å². The van der Waals surface area contributed by atoms with Crippen LogP contribution in [-0.2, 0) is 16.0 Å². The van der Waals surface area contributed by atoms with Crippen LogP contribution in [0.25, 0.3) is 0 Å². The number of amides is 2. The summed E-state index contributed by atoms with van der Waals surface area (Å²) < 4.78 is 5.04. The van der Waals surface area contributed by atoms with Gasteiger partial charge in [-0.1, -0.05) is 20.8 Å². The molecule has 1 N–H and O–H groups in total. The van der Waals surface area contributed by atoms with Gasteiger partial charge in [-0.05, 0) is 35.6 Å². The second-order valence-electron chi connectivity index (χ2n) is 7.19. The molecule has 0 bridgehead atoms. The van der Waals surface area contributed by atoms with E-state index in [9.17, 15) is 9.59 Å². The van der Waals surface area contributed by atoms with Gasteiger partial charge >= 0.3 is 0 Å². The number of methoxy groups -OCH3 is 1. The van der Waals surface area contributed by atoms with Gasteiger partial charge in [-0.3, -0.25) is 9.59 Å². The molecule has 2 amide bonds. The number of rotatable bonds is 5. The van der Waals surface area contributed by atoms with Gasteiger partial charge in [-0.25, -0.2) is 0 Å². The van der Waals surface area contributed by atoms with Crippen molar-refractivity contribution in [2.24, 2.45) is 5.41 Å². The maximum atomic E-state index is 12.4. The van der Waals surface area contributed by atoms with Gasteiger partial charge in [0.1, 0.15) is 0 Å². The normalized spacial score (nSPS) is 14.6. The molecule has 2 rings (SSSR count). The summed E-state index contributed by atoms with van der Waals surface area (Å²) in [5, 5.41) is 2.93. The van der Waals surface area contributed by atoms with E-state index >= 15 is 0 Å². The minimum atomic E-state index is -0.0455. The lowest BCUT2D eigenvalue weighted by atomic mass is 9.92. The molecule has 0 atom stereocenters. The summed E-state index contributed by atoms with van der Waals surface area (Å²) in [6.07, 6.45) is 1.27. The van der Waals surface area contributed by atoms with Crippen LogP contribution in [-0.4, -0.2) is 43.5 Å². The molecular formula is C18H26N2O3. The van der Waals surface area contributed by atoms with Crippen molar-refractivity contribution in [2.45, 2.75) is 33.6 Å². The highest BCUT2D eigenvalue weighted by molar-refractivity contribution is 5.98. The Bertz CT molecular complexity index is 590. The summed E-state index contributed by atoms with van der Waals surface area (Å²) in [4.78, 5) is 26.3. The lowest BCUT2D eigenvalue weighted by Crippen LogP contribution is -2.39. The largest absolute Gasteiger partial charge is 0.383 e. The average Bonchev–Trinajstić information content (AvgIpc) is 2.44. The van der Waals surface area contributed by atoms with Crippen LogP contribution >= 0.6 is 0 Å². The van der Waals surface area contributed by atoms with E-state index in [1.165, 1.54) is 0 Å². The minimum absolute atomic E-state index is 0.00121. The summed E-state index contributed by atoms with van der Waals surface area (Å²) >= 11 is 0. The molecule has 0 spiro atoms. The molecule has 1 aromatic carbocycles. The molecule has 0 saturated heterocycles. The van der Waals surface area contributed by atoms with Crippen LogP contribution in [0.15, 0.2) is 18.2 Å². The lowest BCUT2D eigenvalue weighted by molar-refractivity contribution is -0.117. The third-order valence-corrected chi connectivity index (χ3v) is 3.81. The third-order valence-electron chi connectivity index (χ3n) is 3.81. The van der Waals surface area contributed by atoms with Crippen molar-refractivity contribution in [3.8, 4) is 0 Å². The molecule has 5 heteroatoms. The third kappa shape index (κ3) is 4.79. The topological polar surface area (TPSA) is 58.6 Å². The van der Waals surface area contributed by atoms with Gasteiger partial charge < -0.3 is 15.0 Å². The van der Waals surface area contributed by atoms with Gasteiger partial charge in [0.15, 0.2) is 0 Å². The maximum absolute atomic E-state index is 12.4. The first-order valence-electron chi connectivity index (χ1n) is 8.01. The van der Waals surface area contributed by atoms with E-state index in [2.05, 4.69) is 5.32 Å². The Kier molecular flexibility index (Phi) is 5.42. The Labute approximate surface area is 138 Å². The van der Waals surface area contributed by atoms with Crippen molar-refractivity contribution in [1.29, 1.82) is 0 Å². The summed E-state index contributed by atoms with van der Waals surface area (Å²) in [5.74, 6) is 0.0391. The number of carbonyl (C=O) groups is 2. The summed E-state index contributed by atoms with van der Waals surface area (Å²) in [7, 11) is 1.63. The fourth-order valence-electron chi connectivity index (χ4n) is 2.72. The first-order chi connectivity index (χ1) is 10.8. The number of nitrogens with one attached hydrogen (secondary N) is 1. The van der Waals surface area contributed by atoms with Gasteiger partial charge in [0, 0.05) is 37.9 Å². The Morgan fingerprint density at radius 1 is 1.35 bits per heavy atom. The number of hydrogen-bond acceptors (Lipinski definition) is 3. The van der Waals surface area contributed by atoms with Crippen molar-refractivity contribution in [2.75, 3.05) is 32.1 Å². The van der Waals surface area contributed by atoms with Gasteiger partial charge in [0.05, 0.1) is 6.61 Å². The van der Waals surface area contributed by atoms with Crippen molar-refractivity contribution in [3.63, 3.8) is 0 Å². The predicted molar refractivity (Wildman–Crippen MR) is 90.6 cm³/mol. The van der Waals surface area contributed by atoms with Crippen LogP contribution in [0, 0.1) is 5.41 Å². The van der Waals surface area contributed by atoms with Crippen LogP contribution in [0.2, 0.25) is 0 Å². The molecule has 0 unspecified atom stereocenters. The van der Waals surface area contributed by atoms with Crippen molar-refractivity contribution < 1.29 is 14.3 Å². The Morgan fingerprint density at radius 2 is 2.09 bits per heavy atom. The first kappa shape index (κ1) is 17.5. The zero-order valence-electron chi connectivity index (χ0n) is 14.4. The van der Waals surface area contributed by atoms with E-state index in [0.717, 1.165) is 23.2 Å². The second kappa shape index (κ2) is 7.13. The van der Waals surface area contributed by atoms with Crippen molar-refractivity contribution in [1.82, 2.24) is 4.90 Å². The number of anilines is 1. The van der Waals surface area contributed by atoms with E-state index in [-0.39, 0.29) is 17.2 Å². The average molecular weight is 318 g/mol. The Morgan fingerprint density at radius 3 is 2.74 bits per heavy atom. The monoisotopic (exact) mass is 318 g/mol. The minimum Gasteiger partial charge on any atom is -0.383 e. The molecule has 0 aliphatic carbocycles. The van der Waals surface area contributed by atoms with Crippen molar-refractivity contribution in [3.05, 3.63) is 29.3 Å². The summed E-state index contributed by atoms with van der Waals surface area (Å²) in [6.45, 7) is 7.95. The number of carbonyl (C=O) groups excluding carboxylic acids is 2. The molecule has 0 saturated carbocycles. The highest BCUT2D eigenvalue weighted by Crippen LogP contribution is 2.24. The molecular weight excluding hydrogens is 292 g/mol. The highest BCUT2D eigenvalue weighted by atomic mass is 16.5. The number of nitrogens with zero attached hydrogens (tertiary/aromatic N) is 1. The quantitative estimate of drug-likeness (QED) is 0.908. The SMILES string of the molecule is COCCN1CCc2cc(NC(=O)CC(C)(C)C)ccc2C1=O. The summed E-state index contributed by atoms with van der Waals surface area (Å²) in [6, 6.07) is 5.53. The molecule has 5 nitrogen and oxygen atoms in total. The number of ether oxygens (including phenoxy) is 1. The number of fused-ring (bicyclic) bond motifs is 1. The van der Waals surface area contributed by atoms with E-state index in [4.69, 9.17) is 4.74 Å². The highest BCUT2D eigenvalue weighted by Gasteiger charge is 2.24. The second-order valence-corrected chi connectivity index (χ2v) is 7.19. The van der Waals surface area contributed by atoms with Gasteiger partial charge in [0.25, 0.3) is 5.91 Å². The molecule has 126 valence electrons. The molecule has 0 aromatic heterocycles. The van der Waals surface area contributed by atoms with Gasteiger partial charge in [-0.2, -0.15) is 0 Å². The van der Waals surface area contributed by atoms with Crippen LogP contribution in [0.3, 0.4) is 0 Å². The fourth-order valence-corrected chi connectivity index (χ4v) is 2.72. The van der Waals surface area contributed by atoms with Gasteiger partial charge in [0.2, 0.25) is 5.91 Å². The Balaban J connectivity index is 2.06. The van der Waals surface area contributed by atoms with Crippen LogP contribution in [0.5, 0.6) is 0 Å². The predicted octanol–water partition coefficient (Wildman–Crippen LogP) is 2.71. The maximum Gasteiger partial charge on any atom is 0.254 e. The van der Waals surface area contributed by atoms with E-state index in [0.29, 0.717) is 26.1 Å². The molecule has 0 radical (unpaired) electrons. The molecule has 0 fully saturated rings.